The summed E-state index contributed by atoms with van der Waals surface area (Å²) < 4.78 is 13.6. The molecule has 3 nitrogen and oxygen atoms in total. The summed E-state index contributed by atoms with van der Waals surface area (Å²) in [6.07, 6.45) is 0.480. The average Bonchev–Trinajstić information content (AvgIpc) is 2.61. The van der Waals surface area contributed by atoms with E-state index in [-0.39, 0.29) is 11.9 Å². The average molecular weight is 252 g/mol. The van der Waals surface area contributed by atoms with Gasteiger partial charge in [-0.1, -0.05) is 18.2 Å². The fourth-order valence-corrected chi connectivity index (χ4v) is 2.61. The van der Waals surface area contributed by atoms with E-state index in [0.717, 1.165) is 13.0 Å². The van der Waals surface area contributed by atoms with Gasteiger partial charge >= 0.3 is 0 Å². The first-order chi connectivity index (χ1) is 8.56. The van der Waals surface area contributed by atoms with Crippen LogP contribution in [0.5, 0.6) is 0 Å². The zero-order valence-electron chi connectivity index (χ0n) is 11.0. The lowest BCUT2D eigenvalue weighted by molar-refractivity contribution is 0.168. The van der Waals surface area contributed by atoms with E-state index >= 15 is 0 Å². The number of hydrogen-bond acceptors (Lipinski definition) is 3. The predicted octanol–water partition coefficient (Wildman–Crippen LogP) is 1.32. The highest BCUT2D eigenvalue weighted by atomic mass is 19.1. The minimum atomic E-state index is -0.290. The quantitative estimate of drug-likeness (QED) is 0.875. The van der Waals surface area contributed by atoms with Gasteiger partial charge in [-0.2, -0.15) is 0 Å². The summed E-state index contributed by atoms with van der Waals surface area (Å²) in [6.45, 7) is 2.10. The number of hydrogen-bond donors (Lipinski definition) is 1. The summed E-state index contributed by atoms with van der Waals surface area (Å²) in [5.74, 6) is -0.164. The van der Waals surface area contributed by atoms with Crippen molar-refractivity contribution in [2.45, 2.75) is 25.1 Å². The number of likely N-dealkylation sites (N-methyl/N-ethyl adjacent to an activating group) is 1. The normalized spacial score (nSPS) is 24.9. The molecule has 0 saturated carbocycles. The molecule has 1 aliphatic rings. The highest BCUT2D eigenvalue weighted by molar-refractivity contribution is 5.17. The zero-order valence-corrected chi connectivity index (χ0v) is 11.0. The van der Waals surface area contributed by atoms with E-state index in [4.69, 9.17) is 0 Å². The maximum absolute atomic E-state index is 13.6. The van der Waals surface area contributed by atoms with E-state index in [1.807, 2.05) is 26.2 Å². The van der Waals surface area contributed by atoms with E-state index in [2.05, 4.69) is 9.80 Å². The number of rotatable bonds is 4. The van der Waals surface area contributed by atoms with Gasteiger partial charge in [0, 0.05) is 31.2 Å². The second kappa shape index (κ2) is 5.78. The Balaban J connectivity index is 2.05. The molecule has 1 fully saturated rings. The summed E-state index contributed by atoms with van der Waals surface area (Å²) in [5, 5.41) is 9.78. The van der Waals surface area contributed by atoms with Gasteiger partial charge in [0.25, 0.3) is 0 Å². The monoisotopic (exact) mass is 252 g/mol. The molecular formula is C14H21FN2O. The lowest BCUT2D eigenvalue weighted by atomic mass is 10.1. The Morgan fingerprint density at radius 2 is 2.11 bits per heavy atom. The minimum Gasteiger partial charge on any atom is -0.392 e. The molecule has 0 amide bonds. The van der Waals surface area contributed by atoms with Crippen molar-refractivity contribution in [1.82, 2.24) is 9.80 Å². The molecule has 1 heterocycles. The number of nitrogens with zero attached hydrogens (tertiary/aromatic N) is 2. The van der Waals surface area contributed by atoms with Crippen LogP contribution in [0.2, 0.25) is 0 Å². The van der Waals surface area contributed by atoms with Crippen LogP contribution in [0.15, 0.2) is 24.3 Å². The van der Waals surface area contributed by atoms with Gasteiger partial charge in [-0.3, -0.25) is 4.90 Å². The molecule has 0 spiro atoms. The summed E-state index contributed by atoms with van der Waals surface area (Å²) in [5.41, 5.74) is 0.704. The SMILES string of the molecule is CN(C)CC1CC(O)CN1Cc1ccccc1F. The van der Waals surface area contributed by atoms with Crippen molar-refractivity contribution < 1.29 is 9.50 Å². The van der Waals surface area contributed by atoms with E-state index in [1.165, 1.54) is 6.07 Å². The molecule has 0 radical (unpaired) electrons. The molecule has 4 heteroatoms. The van der Waals surface area contributed by atoms with Crippen LogP contribution in [0.4, 0.5) is 4.39 Å². The number of aliphatic hydroxyl groups excluding tert-OH is 1. The van der Waals surface area contributed by atoms with E-state index in [1.54, 1.807) is 6.07 Å². The first kappa shape index (κ1) is 13.5. The zero-order chi connectivity index (χ0) is 13.1. The van der Waals surface area contributed by atoms with Crippen molar-refractivity contribution in [3.8, 4) is 0 Å². The molecule has 2 rings (SSSR count). The molecule has 2 atom stereocenters. The van der Waals surface area contributed by atoms with Crippen LogP contribution >= 0.6 is 0 Å². The minimum absolute atomic E-state index is 0.164. The Bertz CT molecular complexity index is 397. The van der Waals surface area contributed by atoms with Crippen LogP contribution in [0.3, 0.4) is 0 Å². The van der Waals surface area contributed by atoms with Gasteiger partial charge in [0.1, 0.15) is 5.82 Å². The van der Waals surface area contributed by atoms with Crippen LogP contribution in [-0.2, 0) is 6.54 Å². The van der Waals surface area contributed by atoms with Gasteiger partial charge in [-0.15, -0.1) is 0 Å². The number of likely N-dealkylation sites (tertiary alicyclic amines) is 1. The topological polar surface area (TPSA) is 26.7 Å². The molecule has 18 heavy (non-hydrogen) atoms. The van der Waals surface area contributed by atoms with Gasteiger partial charge in [0.15, 0.2) is 0 Å². The maximum Gasteiger partial charge on any atom is 0.127 e. The maximum atomic E-state index is 13.6. The number of halogens is 1. The first-order valence-electron chi connectivity index (χ1n) is 6.36. The summed E-state index contributed by atoms with van der Waals surface area (Å²) in [6, 6.07) is 7.16. The molecule has 1 N–H and O–H groups in total. The summed E-state index contributed by atoms with van der Waals surface area (Å²) in [7, 11) is 4.04. The third-order valence-electron chi connectivity index (χ3n) is 3.41. The van der Waals surface area contributed by atoms with Gasteiger partial charge in [-0.25, -0.2) is 4.39 Å². The fourth-order valence-electron chi connectivity index (χ4n) is 2.61. The predicted molar refractivity (Wildman–Crippen MR) is 69.8 cm³/mol. The van der Waals surface area contributed by atoms with Crippen LogP contribution in [0.1, 0.15) is 12.0 Å². The van der Waals surface area contributed by atoms with Crippen LogP contribution in [0.25, 0.3) is 0 Å². The Labute approximate surface area is 108 Å². The molecule has 0 aromatic heterocycles. The van der Waals surface area contributed by atoms with Crippen molar-refractivity contribution in [2.75, 3.05) is 27.2 Å². The Morgan fingerprint density at radius 1 is 1.39 bits per heavy atom. The van der Waals surface area contributed by atoms with Crippen LogP contribution in [-0.4, -0.2) is 54.2 Å². The van der Waals surface area contributed by atoms with Gasteiger partial charge in [0.2, 0.25) is 0 Å². The smallest absolute Gasteiger partial charge is 0.127 e. The van der Waals surface area contributed by atoms with Gasteiger partial charge in [-0.05, 0) is 26.6 Å². The lowest BCUT2D eigenvalue weighted by Gasteiger charge is -2.26. The molecule has 1 aliphatic heterocycles. The molecule has 1 saturated heterocycles. The fraction of sp³-hybridized carbons (Fsp3) is 0.571. The third-order valence-corrected chi connectivity index (χ3v) is 3.41. The highest BCUT2D eigenvalue weighted by Crippen LogP contribution is 2.22. The van der Waals surface area contributed by atoms with E-state index in [9.17, 15) is 9.50 Å². The first-order valence-corrected chi connectivity index (χ1v) is 6.36. The highest BCUT2D eigenvalue weighted by Gasteiger charge is 2.31. The van der Waals surface area contributed by atoms with Crippen LogP contribution < -0.4 is 0 Å². The second-order valence-corrected chi connectivity index (χ2v) is 5.33. The Kier molecular flexibility index (Phi) is 4.32. The number of β-amino-alcohol motifs (C(OH)–C–C–N with tert-alkyl or cyclic N) is 1. The van der Waals surface area contributed by atoms with Crippen molar-refractivity contribution >= 4 is 0 Å². The molecule has 1 aromatic rings. The number of aliphatic hydroxyl groups is 1. The van der Waals surface area contributed by atoms with E-state index < -0.39 is 0 Å². The van der Waals surface area contributed by atoms with Gasteiger partial charge < -0.3 is 10.0 Å². The van der Waals surface area contributed by atoms with Crippen molar-refractivity contribution in [3.63, 3.8) is 0 Å². The molecule has 2 unspecified atom stereocenters. The lowest BCUT2D eigenvalue weighted by Crippen LogP contribution is -2.37. The third kappa shape index (κ3) is 3.28. The number of benzene rings is 1. The Hall–Kier alpha value is -0.970. The van der Waals surface area contributed by atoms with Crippen molar-refractivity contribution in [3.05, 3.63) is 35.6 Å². The molecule has 1 aromatic carbocycles. The van der Waals surface area contributed by atoms with Crippen molar-refractivity contribution in [2.24, 2.45) is 0 Å². The standard InChI is InChI=1S/C14H21FN2O/c1-16(2)9-12-7-13(18)10-17(12)8-11-5-3-4-6-14(11)15/h3-6,12-13,18H,7-10H2,1-2H3. The van der Waals surface area contributed by atoms with Crippen molar-refractivity contribution in [1.29, 1.82) is 0 Å². The largest absolute Gasteiger partial charge is 0.392 e. The summed E-state index contributed by atoms with van der Waals surface area (Å²) in [4.78, 5) is 4.28. The van der Waals surface area contributed by atoms with Crippen LogP contribution in [0, 0.1) is 5.82 Å². The Morgan fingerprint density at radius 3 is 2.78 bits per heavy atom. The van der Waals surface area contributed by atoms with E-state index in [0.29, 0.717) is 24.7 Å². The second-order valence-electron chi connectivity index (χ2n) is 5.33. The molecule has 0 aliphatic carbocycles. The molecule has 0 bridgehead atoms. The molecular weight excluding hydrogens is 231 g/mol. The molecule has 100 valence electrons. The summed E-state index contributed by atoms with van der Waals surface area (Å²) >= 11 is 0. The van der Waals surface area contributed by atoms with Gasteiger partial charge in [0.05, 0.1) is 6.10 Å².